The second-order valence-corrected chi connectivity index (χ2v) is 2.94. The van der Waals surface area contributed by atoms with Gasteiger partial charge in [0, 0.05) is 11.8 Å². The Bertz CT molecular complexity index is 483. The number of benzene rings is 1. The number of carbonyl (C=O) groups is 1. The van der Waals surface area contributed by atoms with E-state index in [4.69, 9.17) is 5.11 Å². The minimum Gasteiger partial charge on any atom is -0.475 e. The summed E-state index contributed by atoms with van der Waals surface area (Å²) in [4.78, 5) is 18.2. The highest BCUT2D eigenvalue weighted by molar-refractivity contribution is 5.83. The highest BCUT2D eigenvalue weighted by Gasteiger charge is 2.07. The maximum absolute atomic E-state index is 10.7. The van der Waals surface area contributed by atoms with Crippen LogP contribution in [0.15, 0.2) is 42.6 Å². The van der Waals surface area contributed by atoms with Crippen LogP contribution in [0.5, 0.6) is 0 Å². The summed E-state index contributed by atoms with van der Waals surface area (Å²) >= 11 is 0. The van der Waals surface area contributed by atoms with Gasteiger partial charge >= 0.3 is 5.97 Å². The van der Waals surface area contributed by atoms with Crippen molar-refractivity contribution in [1.29, 1.82) is 0 Å². The average Bonchev–Trinajstić information content (AvgIpc) is 2.30. The van der Waals surface area contributed by atoms with Gasteiger partial charge < -0.3 is 5.11 Å². The summed E-state index contributed by atoms with van der Waals surface area (Å²) in [6, 6.07) is 11.1. The predicted molar refractivity (Wildman–Crippen MR) is 54.4 cm³/mol. The van der Waals surface area contributed by atoms with Crippen LogP contribution in [-0.2, 0) is 0 Å². The summed E-state index contributed by atoms with van der Waals surface area (Å²) in [5, 5.41) is 8.73. The van der Waals surface area contributed by atoms with Gasteiger partial charge in [-0.05, 0) is 6.07 Å². The Balaban J connectivity index is 2.46. The fraction of sp³-hybridized carbons (Fsp3) is 0. The van der Waals surface area contributed by atoms with Crippen molar-refractivity contribution in [2.75, 3.05) is 0 Å². The number of hydrogen-bond acceptors (Lipinski definition) is 3. The van der Waals surface area contributed by atoms with E-state index < -0.39 is 5.97 Å². The van der Waals surface area contributed by atoms with E-state index in [0.717, 1.165) is 5.56 Å². The van der Waals surface area contributed by atoms with Crippen LogP contribution in [0.25, 0.3) is 11.3 Å². The quantitative estimate of drug-likeness (QED) is 0.803. The van der Waals surface area contributed by atoms with Crippen molar-refractivity contribution in [3.8, 4) is 11.3 Å². The molecule has 0 aliphatic heterocycles. The van der Waals surface area contributed by atoms with Gasteiger partial charge in [0.25, 0.3) is 0 Å². The van der Waals surface area contributed by atoms with E-state index in [1.165, 1.54) is 6.20 Å². The van der Waals surface area contributed by atoms with E-state index >= 15 is 0 Å². The molecule has 1 N–H and O–H groups in total. The molecule has 1 heterocycles. The average molecular weight is 200 g/mol. The Labute approximate surface area is 86.2 Å². The van der Waals surface area contributed by atoms with Crippen molar-refractivity contribution in [2.24, 2.45) is 0 Å². The maximum atomic E-state index is 10.7. The normalized spacial score (nSPS) is 9.87. The van der Waals surface area contributed by atoms with Gasteiger partial charge in [0.05, 0.1) is 5.69 Å². The zero-order valence-electron chi connectivity index (χ0n) is 7.79. The van der Waals surface area contributed by atoms with E-state index in [1.807, 2.05) is 30.3 Å². The summed E-state index contributed by atoms with van der Waals surface area (Å²) in [6.45, 7) is 0. The van der Waals surface area contributed by atoms with Crippen LogP contribution in [0.4, 0.5) is 0 Å². The Morgan fingerprint density at radius 3 is 2.53 bits per heavy atom. The number of hydrogen-bond donors (Lipinski definition) is 1. The van der Waals surface area contributed by atoms with Gasteiger partial charge in [-0.25, -0.2) is 14.8 Å². The molecule has 0 spiro atoms. The summed E-state index contributed by atoms with van der Waals surface area (Å²) in [5.74, 6) is -1.30. The minimum absolute atomic E-state index is 0.184. The summed E-state index contributed by atoms with van der Waals surface area (Å²) in [7, 11) is 0. The molecule has 74 valence electrons. The molecule has 0 atom stereocenters. The zero-order valence-corrected chi connectivity index (χ0v) is 7.79. The van der Waals surface area contributed by atoms with Crippen LogP contribution >= 0.6 is 0 Å². The molecule has 0 radical (unpaired) electrons. The molecule has 0 unspecified atom stereocenters. The third-order valence-corrected chi connectivity index (χ3v) is 1.92. The molecule has 2 rings (SSSR count). The standard InChI is InChI=1S/C11H8N2O2/c14-11(15)10-12-7-6-9(13-10)8-4-2-1-3-5-8/h1-7H,(H,14,15). The fourth-order valence-electron chi connectivity index (χ4n) is 1.23. The summed E-state index contributed by atoms with van der Waals surface area (Å²) in [5.41, 5.74) is 1.49. The first kappa shape index (κ1) is 9.33. The molecule has 2 aromatic rings. The fourth-order valence-corrected chi connectivity index (χ4v) is 1.23. The van der Waals surface area contributed by atoms with Crippen molar-refractivity contribution >= 4 is 5.97 Å². The van der Waals surface area contributed by atoms with Crippen molar-refractivity contribution < 1.29 is 9.90 Å². The third-order valence-electron chi connectivity index (χ3n) is 1.92. The first-order valence-electron chi connectivity index (χ1n) is 4.39. The zero-order chi connectivity index (χ0) is 10.7. The van der Waals surface area contributed by atoms with Crippen LogP contribution < -0.4 is 0 Å². The van der Waals surface area contributed by atoms with Gasteiger partial charge in [0.15, 0.2) is 0 Å². The molecule has 1 aromatic heterocycles. The molecule has 4 heteroatoms. The smallest absolute Gasteiger partial charge is 0.373 e. The number of rotatable bonds is 2. The second-order valence-electron chi connectivity index (χ2n) is 2.94. The first-order valence-corrected chi connectivity index (χ1v) is 4.39. The Hall–Kier alpha value is -2.23. The molecule has 1 aromatic carbocycles. The van der Waals surface area contributed by atoms with Crippen LogP contribution in [0.3, 0.4) is 0 Å². The molecule has 0 amide bonds. The molecule has 0 saturated heterocycles. The number of carboxylic acid groups (broad SMARTS) is 1. The van der Waals surface area contributed by atoms with Crippen LogP contribution in [-0.4, -0.2) is 21.0 Å². The number of aromatic nitrogens is 2. The lowest BCUT2D eigenvalue weighted by atomic mass is 10.1. The highest BCUT2D eigenvalue weighted by Crippen LogP contribution is 2.15. The van der Waals surface area contributed by atoms with Crippen molar-refractivity contribution in [3.63, 3.8) is 0 Å². The lowest BCUT2D eigenvalue weighted by molar-refractivity contribution is 0.0683. The SMILES string of the molecule is O=C(O)c1nccc(-c2ccccc2)n1. The van der Waals surface area contributed by atoms with E-state index in [1.54, 1.807) is 6.07 Å². The van der Waals surface area contributed by atoms with E-state index in [9.17, 15) is 4.79 Å². The minimum atomic E-state index is -1.12. The molecule has 0 bridgehead atoms. The summed E-state index contributed by atoms with van der Waals surface area (Å²) in [6.07, 6.45) is 1.44. The van der Waals surface area contributed by atoms with Gasteiger partial charge in [-0.1, -0.05) is 30.3 Å². The Morgan fingerprint density at radius 2 is 1.87 bits per heavy atom. The molecule has 0 saturated carbocycles. The largest absolute Gasteiger partial charge is 0.475 e. The van der Waals surface area contributed by atoms with Crippen LogP contribution in [0, 0.1) is 0 Å². The highest BCUT2D eigenvalue weighted by atomic mass is 16.4. The summed E-state index contributed by atoms with van der Waals surface area (Å²) < 4.78 is 0. The molecule has 0 aliphatic rings. The topological polar surface area (TPSA) is 63.1 Å². The Kier molecular flexibility index (Phi) is 2.41. The van der Waals surface area contributed by atoms with Crippen LogP contribution in [0.2, 0.25) is 0 Å². The number of carboxylic acids is 1. The van der Waals surface area contributed by atoms with Crippen molar-refractivity contribution in [3.05, 3.63) is 48.4 Å². The Morgan fingerprint density at radius 1 is 1.13 bits per heavy atom. The van der Waals surface area contributed by atoms with Gasteiger partial charge in [-0.15, -0.1) is 0 Å². The van der Waals surface area contributed by atoms with Crippen molar-refractivity contribution in [1.82, 2.24) is 9.97 Å². The number of nitrogens with zero attached hydrogens (tertiary/aromatic N) is 2. The van der Waals surface area contributed by atoms with Gasteiger partial charge in [-0.2, -0.15) is 0 Å². The molecule has 15 heavy (non-hydrogen) atoms. The van der Waals surface area contributed by atoms with Crippen molar-refractivity contribution in [2.45, 2.75) is 0 Å². The molecule has 4 nitrogen and oxygen atoms in total. The molecule has 0 fully saturated rings. The lowest BCUT2D eigenvalue weighted by Gasteiger charge is -2.00. The van der Waals surface area contributed by atoms with E-state index in [-0.39, 0.29) is 5.82 Å². The van der Waals surface area contributed by atoms with Gasteiger partial charge in [0.1, 0.15) is 0 Å². The van der Waals surface area contributed by atoms with E-state index in [0.29, 0.717) is 5.69 Å². The van der Waals surface area contributed by atoms with Crippen LogP contribution in [0.1, 0.15) is 10.6 Å². The third kappa shape index (κ3) is 1.99. The predicted octanol–water partition coefficient (Wildman–Crippen LogP) is 1.84. The molecular weight excluding hydrogens is 192 g/mol. The number of aromatic carboxylic acids is 1. The molecule has 0 aliphatic carbocycles. The first-order chi connectivity index (χ1) is 7.27. The lowest BCUT2D eigenvalue weighted by Crippen LogP contribution is -2.03. The van der Waals surface area contributed by atoms with Gasteiger partial charge in [-0.3, -0.25) is 0 Å². The molecular formula is C11H8N2O2. The maximum Gasteiger partial charge on any atom is 0.373 e. The van der Waals surface area contributed by atoms with Gasteiger partial charge in [0.2, 0.25) is 5.82 Å². The monoisotopic (exact) mass is 200 g/mol. The van der Waals surface area contributed by atoms with E-state index in [2.05, 4.69) is 9.97 Å². The second kappa shape index (κ2) is 3.88.